The molecule has 1 N–H and O–H groups in total. The summed E-state index contributed by atoms with van der Waals surface area (Å²) in [4.78, 5) is 9.32. The van der Waals surface area contributed by atoms with Gasteiger partial charge in [-0.2, -0.15) is 0 Å². The van der Waals surface area contributed by atoms with Crippen molar-refractivity contribution in [2.75, 3.05) is 5.32 Å². The first-order valence-corrected chi connectivity index (χ1v) is 10.4. The van der Waals surface area contributed by atoms with E-state index in [1.807, 2.05) is 56.4 Å². The van der Waals surface area contributed by atoms with E-state index in [9.17, 15) is 0 Å². The van der Waals surface area contributed by atoms with E-state index in [1.54, 1.807) is 0 Å². The molecule has 4 nitrogen and oxygen atoms in total. The predicted octanol–water partition coefficient (Wildman–Crippen LogP) is 5.92. The number of hydrogen-bond donors (Lipinski definition) is 1. The van der Waals surface area contributed by atoms with E-state index in [1.165, 1.54) is 11.1 Å². The van der Waals surface area contributed by atoms with Gasteiger partial charge in [-0.3, -0.25) is 0 Å². The number of ether oxygens (including phenoxy) is 1. The van der Waals surface area contributed by atoms with Crippen LogP contribution >= 0.6 is 11.6 Å². The zero-order valence-corrected chi connectivity index (χ0v) is 18.2. The van der Waals surface area contributed by atoms with E-state index in [-0.39, 0.29) is 12.1 Å². The van der Waals surface area contributed by atoms with Crippen LogP contribution in [0.4, 0.5) is 5.95 Å². The first-order chi connectivity index (χ1) is 13.9. The summed E-state index contributed by atoms with van der Waals surface area (Å²) in [6, 6.07) is 16.4. The zero-order chi connectivity index (χ0) is 20.8. The second-order valence-electron chi connectivity index (χ2n) is 7.76. The number of hydrogen-bond acceptors (Lipinski definition) is 4. The van der Waals surface area contributed by atoms with Crippen molar-refractivity contribution in [3.63, 3.8) is 0 Å². The Hall–Kier alpha value is -2.59. The summed E-state index contributed by atoms with van der Waals surface area (Å²) in [5.41, 5.74) is 4.51. The van der Waals surface area contributed by atoms with Crippen molar-refractivity contribution >= 4 is 17.5 Å². The lowest BCUT2D eigenvalue weighted by Crippen LogP contribution is -2.14. The first kappa shape index (κ1) is 21.1. The van der Waals surface area contributed by atoms with Crippen molar-refractivity contribution in [1.29, 1.82) is 0 Å². The molecule has 0 radical (unpaired) electrons. The van der Waals surface area contributed by atoms with Crippen LogP contribution in [0.1, 0.15) is 50.1 Å². The third-order valence-electron chi connectivity index (χ3n) is 4.35. The van der Waals surface area contributed by atoms with Crippen molar-refractivity contribution in [3.05, 3.63) is 82.1 Å². The maximum Gasteiger partial charge on any atom is 0.223 e. The van der Waals surface area contributed by atoms with E-state index in [4.69, 9.17) is 21.3 Å². The monoisotopic (exact) mass is 409 g/mol. The summed E-state index contributed by atoms with van der Waals surface area (Å²) in [6.07, 6.45) is 3.60. The lowest BCUT2D eigenvalue weighted by molar-refractivity contribution is 0.242. The molecule has 0 bridgehead atoms. The van der Waals surface area contributed by atoms with E-state index in [0.717, 1.165) is 34.9 Å². The van der Waals surface area contributed by atoms with Crippen LogP contribution in [0.3, 0.4) is 0 Å². The van der Waals surface area contributed by atoms with Gasteiger partial charge in [0, 0.05) is 30.1 Å². The summed E-state index contributed by atoms with van der Waals surface area (Å²) in [6.45, 7) is 8.22. The normalized spacial score (nSPS) is 11.1. The molecule has 152 valence electrons. The van der Waals surface area contributed by atoms with Crippen molar-refractivity contribution in [1.82, 2.24) is 9.97 Å². The van der Waals surface area contributed by atoms with Crippen LogP contribution in [0.15, 0.2) is 54.7 Å². The first-order valence-electron chi connectivity index (χ1n) is 10.0. The number of nitrogens with one attached hydrogen (secondary N) is 1. The number of aromatic nitrogens is 2. The standard InChI is InChI=1S/C24H28ClN3O/c1-16(2)27-24-26-15-20(13-18-7-11-22(12-8-18)29-17(3)4)23(28-24)14-19-5-9-21(25)10-6-19/h5-12,15-17H,13-14H2,1-4H3,(H,26,27,28). The Balaban J connectivity index is 1.84. The molecule has 1 aromatic heterocycles. The largest absolute Gasteiger partial charge is 0.491 e. The molecule has 0 aliphatic heterocycles. The van der Waals surface area contributed by atoms with Gasteiger partial charge in [-0.25, -0.2) is 9.97 Å². The quantitative estimate of drug-likeness (QED) is 0.501. The summed E-state index contributed by atoms with van der Waals surface area (Å²) in [5, 5.41) is 4.04. The van der Waals surface area contributed by atoms with Crippen molar-refractivity contribution < 1.29 is 4.74 Å². The highest BCUT2D eigenvalue weighted by atomic mass is 35.5. The van der Waals surface area contributed by atoms with Gasteiger partial charge in [-0.1, -0.05) is 35.9 Å². The molecule has 0 aliphatic rings. The molecule has 0 saturated carbocycles. The average Bonchev–Trinajstić information content (AvgIpc) is 2.66. The highest BCUT2D eigenvalue weighted by molar-refractivity contribution is 6.30. The lowest BCUT2D eigenvalue weighted by atomic mass is 10.0. The second kappa shape index (κ2) is 9.75. The highest BCUT2D eigenvalue weighted by Gasteiger charge is 2.11. The summed E-state index contributed by atoms with van der Waals surface area (Å²) < 4.78 is 5.74. The van der Waals surface area contributed by atoms with Crippen molar-refractivity contribution in [2.45, 2.75) is 52.7 Å². The topological polar surface area (TPSA) is 47.0 Å². The third-order valence-corrected chi connectivity index (χ3v) is 4.60. The molecule has 2 aromatic carbocycles. The van der Waals surface area contributed by atoms with Crippen LogP contribution in [0.2, 0.25) is 5.02 Å². The van der Waals surface area contributed by atoms with Gasteiger partial charge in [0.05, 0.1) is 11.8 Å². The predicted molar refractivity (Wildman–Crippen MR) is 120 cm³/mol. The Morgan fingerprint density at radius 2 is 1.52 bits per heavy atom. The van der Waals surface area contributed by atoms with E-state index in [0.29, 0.717) is 5.95 Å². The van der Waals surface area contributed by atoms with Crippen LogP contribution in [0.25, 0.3) is 0 Å². The Labute approximate surface area is 178 Å². The van der Waals surface area contributed by atoms with Gasteiger partial charge in [-0.15, -0.1) is 0 Å². The Morgan fingerprint density at radius 1 is 0.897 bits per heavy atom. The van der Waals surface area contributed by atoms with Crippen LogP contribution in [0, 0.1) is 0 Å². The highest BCUT2D eigenvalue weighted by Crippen LogP contribution is 2.21. The van der Waals surface area contributed by atoms with Crippen molar-refractivity contribution in [3.8, 4) is 5.75 Å². The molecule has 5 heteroatoms. The van der Waals surface area contributed by atoms with Crippen LogP contribution in [-0.4, -0.2) is 22.1 Å². The molecule has 3 aromatic rings. The fraction of sp³-hybridized carbons (Fsp3) is 0.333. The molecular weight excluding hydrogens is 382 g/mol. The number of anilines is 1. The smallest absolute Gasteiger partial charge is 0.223 e. The minimum absolute atomic E-state index is 0.168. The van der Waals surface area contributed by atoms with Crippen molar-refractivity contribution in [2.24, 2.45) is 0 Å². The van der Waals surface area contributed by atoms with Gasteiger partial charge >= 0.3 is 0 Å². The fourth-order valence-corrected chi connectivity index (χ4v) is 3.17. The maximum atomic E-state index is 6.03. The fourth-order valence-electron chi connectivity index (χ4n) is 3.04. The molecule has 1 heterocycles. The van der Waals surface area contributed by atoms with Crippen LogP contribution in [0.5, 0.6) is 5.75 Å². The van der Waals surface area contributed by atoms with Gasteiger partial charge < -0.3 is 10.1 Å². The summed E-state index contributed by atoms with van der Waals surface area (Å²) in [5.74, 6) is 1.55. The number of nitrogens with zero attached hydrogens (tertiary/aromatic N) is 2. The Morgan fingerprint density at radius 3 is 2.14 bits per heavy atom. The second-order valence-corrected chi connectivity index (χ2v) is 8.19. The number of benzene rings is 2. The minimum atomic E-state index is 0.168. The molecule has 0 saturated heterocycles. The third kappa shape index (κ3) is 6.47. The molecule has 0 spiro atoms. The van der Waals surface area contributed by atoms with Gasteiger partial charge in [0.15, 0.2) is 0 Å². The molecule has 0 fully saturated rings. The maximum absolute atomic E-state index is 6.03. The van der Waals surface area contributed by atoms with E-state index in [2.05, 4.69) is 36.3 Å². The van der Waals surface area contributed by atoms with Gasteiger partial charge in [0.25, 0.3) is 0 Å². The molecule has 0 aliphatic carbocycles. The minimum Gasteiger partial charge on any atom is -0.491 e. The Bertz CT molecular complexity index is 922. The van der Waals surface area contributed by atoms with Gasteiger partial charge in [-0.05, 0) is 68.7 Å². The van der Waals surface area contributed by atoms with Gasteiger partial charge in [0.1, 0.15) is 5.75 Å². The van der Waals surface area contributed by atoms with Crippen LogP contribution in [-0.2, 0) is 12.8 Å². The lowest BCUT2D eigenvalue weighted by Gasteiger charge is -2.14. The zero-order valence-electron chi connectivity index (χ0n) is 17.4. The average molecular weight is 410 g/mol. The van der Waals surface area contributed by atoms with E-state index >= 15 is 0 Å². The molecule has 29 heavy (non-hydrogen) atoms. The SMILES string of the molecule is CC(C)Nc1ncc(Cc2ccc(OC(C)C)cc2)c(Cc2ccc(Cl)cc2)n1. The van der Waals surface area contributed by atoms with Gasteiger partial charge in [0.2, 0.25) is 5.95 Å². The van der Waals surface area contributed by atoms with Crippen LogP contribution < -0.4 is 10.1 Å². The summed E-state index contributed by atoms with van der Waals surface area (Å²) >= 11 is 6.03. The summed E-state index contributed by atoms with van der Waals surface area (Å²) in [7, 11) is 0. The van der Waals surface area contributed by atoms with E-state index < -0.39 is 0 Å². The number of rotatable bonds is 8. The molecule has 0 atom stereocenters. The molecule has 3 rings (SSSR count). The molecular formula is C24H28ClN3O. The Kier molecular flexibility index (Phi) is 7.10. The number of halogens is 1. The molecule has 0 unspecified atom stereocenters. The molecule has 0 amide bonds.